The molecule has 0 aromatic heterocycles. The average molecular weight is 889 g/mol. The third kappa shape index (κ3) is 12.3. The van der Waals surface area contributed by atoms with Gasteiger partial charge in [-0.15, -0.1) is 0 Å². The molecule has 3 aliphatic rings. The Labute approximate surface area is 381 Å². The van der Waals surface area contributed by atoms with E-state index in [0.29, 0.717) is 0 Å². The monoisotopic (exact) mass is 888 g/mol. The van der Waals surface area contributed by atoms with Gasteiger partial charge >= 0.3 is 5.97 Å². The van der Waals surface area contributed by atoms with Gasteiger partial charge in [-0.3, -0.25) is 4.79 Å². The topological polar surface area (TPSA) is 119 Å². The number of carbonyl (C=O) groups excluding carboxylic acids is 1. The second kappa shape index (κ2) is 22.6. The summed E-state index contributed by atoms with van der Waals surface area (Å²) in [4.78, 5) is 13.4. The summed E-state index contributed by atoms with van der Waals surface area (Å²) < 4.78 is 73.5. The Morgan fingerprint density at radius 2 is 0.985 bits per heavy atom. The van der Waals surface area contributed by atoms with Crippen molar-refractivity contribution < 1.29 is 56.9 Å². The van der Waals surface area contributed by atoms with Crippen molar-refractivity contribution >= 4 is 5.97 Å². The summed E-state index contributed by atoms with van der Waals surface area (Å²) in [7, 11) is 1.55. The zero-order valence-electron chi connectivity index (χ0n) is 37.4. The van der Waals surface area contributed by atoms with Gasteiger partial charge in [-0.25, -0.2) is 0 Å². The number of benzene rings is 5. The van der Waals surface area contributed by atoms with Gasteiger partial charge in [-0.05, 0) is 43.0 Å². The summed E-state index contributed by atoms with van der Waals surface area (Å²) in [5, 5.41) is 0. The van der Waals surface area contributed by atoms with Crippen molar-refractivity contribution in [3.05, 3.63) is 179 Å². The lowest BCUT2D eigenvalue weighted by Crippen LogP contribution is -2.67. The van der Waals surface area contributed by atoms with Crippen molar-refractivity contribution in [3.63, 3.8) is 0 Å². The first-order chi connectivity index (χ1) is 31.7. The van der Waals surface area contributed by atoms with Crippen LogP contribution in [0.1, 0.15) is 54.9 Å². The molecule has 1 unspecified atom stereocenters. The van der Waals surface area contributed by atoms with Crippen molar-refractivity contribution in [2.45, 2.75) is 115 Å². The Kier molecular flexibility index (Phi) is 16.2. The number of ether oxygens (including phenoxy) is 11. The Hall–Kier alpha value is -4.83. The van der Waals surface area contributed by atoms with E-state index in [0.717, 1.165) is 27.8 Å². The molecule has 5 aromatic carbocycles. The van der Waals surface area contributed by atoms with Crippen LogP contribution >= 0.6 is 0 Å². The molecule has 0 radical (unpaired) electrons. The van der Waals surface area contributed by atoms with Crippen LogP contribution in [0.3, 0.4) is 0 Å². The minimum Gasteiger partial charge on any atom is -0.462 e. The lowest BCUT2D eigenvalue weighted by Gasteiger charge is -2.51. The second-order valence-electron chi connectivity index (χ2n) is 17.5. The summed E-state index contributed by atoms with van der Waals surface area (Å²) in [6.07, 6.45) is -9.12. The van der Waals surface area contributed by atoms with E-state index in [9.17, 15) is 4.79 Å². The van der Waals surface area contributed by atoms with Gasteiger partial charge in [0, 0.05) is 12.7 Å². The maximum absolute atomic E-state index is 13.4. The smallest absolute Gasteiger partial charge is 0.311 e. The van der Waals surface area contributed by atoms with E-state index in [1.165, 1.54) is 0 Å². The first kappa shape index (κ1) is 46.7. The standard InChI is InChI=1S/C53H60O12/c1-53(2,3)52(54)61-35-42-44(45(56-30-36-20-10-5-11-21-36)47(50(55-4)62-42)58-32-38-24-14-7-15-25-38)65-51-48(59-33-39-26-16-8-17-27-39)46(57-31-37-22-12-6-13-23-37)43-41(63-51)34-60-49(64-43)40-28-18-9-19-29-40/h5-29,41-51H,30-35H2,1-4H3/t41-,42-,43-,44-,45+,46+,47+,48+,49?,50-,51-/m1/s1. The summed E-state index contributed by atoms with van der Waals surface area (Å²) >= 11 is 0. The third-order valence-electron chi connectivity index (χ3n) is 11.6. The molecule has 3 saturated heterocycles. The van der Waals surface area contributed by atoms with Crippen LogP contribution < -0.4 is 0 Å². The molecule has 344 valence electrons. The number of rotatable bonds is 18. The Balaban J connectivity index is 1.17. The van der Waals surface area contributed by atoms with E-state index in [1.54, 1.807) is 27.9 Å². The average Bonchev–Trinajstić information content (AvgIpc) is 3.34. The van der Waals surface area contributed by atoms with Crippen molar-refractivity contribution in [2.75, 3.05) is 20.3 Å². The maximum atomic E-state index is 13.4. The normalized spacial score (nSPS) is 28.0. The molecule has 0 spiro atoms. The summed E-state index contributed by atoms with van der Waals surface area (Å²) in [5.74, 6) is -0.405. The fraction of sp³-hybridized carbons (Fsp3) is 0.415. The SMILES string of the molecule is CO[C@@H]1O[C@H](COC(=O)C(C)(C)C)[C@@H](O[C@H]2O[C@@H]3COC(c4ccccc4)O[C@H]3[C@H](OCc3ccccc3)[C@@H]2OCc2ccccc2)[C@H](OCc2ccccc2)[C@@H]1OCc1ccccc1. The first-order valence-electron chi connectivity index (χ1n) is 22.3. The van der Waals surface area contributed by atoms with E-state index in [2.05, 4.69) is 0 Å². The number of hydrogen-bond acceptors (Lipinski definition) is 12. The maximum Gasteiger partial charge on any atom is 0.311 e. The number of fused-ring (bicyclic) bond motifs is 1. The molecule has 3 heterocycles. The molecule has 12 heteroatoms. The fourth-order valence-electron chi connectivity index (χ4n) is 8.13. The van der Waals surface area contributed by atoms with E-state index in [-0.39, 0.29) is 39.6 Å². The van der Waals surface area contributed by atoms with Gasteiger partial charge in [0.25, 0.3) is 0 Å². The largest absolute Gasteiger partial charge is 0.462 e. The number of carbonyl (C=O) groups is 1. The van der Waals surface area contributed by atoms with Gasteiger partial charge in [0.05, 0.1) is 38.4 Å². The molecule has 0 bridgehead atoms. The van der Waals surface area contributed by atoms with E-state index in [4.69, 9.17) is 52.1 Å². The van der Waals surface area contributed by atoms with Crippen LogP contribution in [-0.2, 0) is 83.3 Å². The van der Waals surface area contributed by atoms with Crippen LogP contribution in [-0.4, -0.2) is 87.7 Å². The Morgan fingerprint density at radius 1 is 0.538 bits per heavy atom. The molecular weight excluding hydrogens is 829 g/mol. The third-order valence-corrected chi connectivity index (χ3v) is 11.6. The highest BCUT2D eigenvalue weighted by molar-refractivity contribution is 5.75. The lowest BCUT2D eigenvalue weighted by atomic mass is 9.95. The molecule has 0 N–H and O–H groups in total. The number of hydrogen-bond donors (Lipinski definition) is 0. The second-order valence-corrected chi connectivity index (χ2v) is 17.5. The predicted molar refractivity (Wildman–Crippen MR) is 240 cm³/mol. The van der Waals surface area contributed by atoms with Gasteiger partial charge in [0.1, 0.15) is 55.4 Å². The molecule has 11 atom stereocenters. The number of methoxy groups -OCH3 is 1. The van der Waals surface area contributed by atoms with Gasteiger partial charge in [-0.2, -0.15) is 0 Å². The van der Waals surface area contributed by atoms with E-state index in [1.807, 2.05) is 152 Å². The van der Waals surface area contributed by atoms with Crippen LogP contribution in [0.15, 0.2) is 152 Å². The molecule has 3 fully saturated rings. The predicted octanol–water partition coefficient (Wildman–Crippen LogP) is 8.51. The highest BCUT2D eigenvalue weighted by Gasteiger charge is 2.56. The van der Waals surface area contributed by atoms with Crippen LogP contribution in [0, 0.1) is 5.41 Å². The van der Waals surface area contributed by atoms with E-state index < -0.39 is 79.1 Å². The van der Waals surface area contributed by atoms with Crippen molar-refractivity contribution in [3.8, 4) is 0 Å². The fourth-order valence-corrected chi connectivity index (χ4v) is 8.13. The van der Waals surface area contributed by atoms with Gasteiger partial charge in [0.15, 0.2) is 18.9 Å². The van der Waals surface area contributed by atoms with Crippen molar-refractivity contribution in [2.24, 2.45) is 5.41 Å². The Morgan fingerprint density at radius 3 is 1.46 bits per heavy atom. The van der Waals surface area contributed by atoms with E-state index >= 15 is 0 Å². The molecule has 0 saturated carbocycles. The molecule has 0 amide bonds. The van der Waals surface area contributed by atoms with Crippen molar-refractivity contribution in [1.29, 1.82) is 0 Å². The zero-order valence-corrected chi connectivity index (χ0v) is 37.4. The molecule has 12 nitrogen and oxygen atoms in total. The highest BCUT2D eigenvalue weighted by atomic mass is 16.8. The Bertz CT molecular complexity index is 2160. The molecule has 3 aliphatic heterocycles. The van der Waals surface area contributed by atoms with Crippen LogP contribution in [0.5, 0.6) is 0 Å². The van der Waals surface area contributed by atoms with Crippen molar-refractivity contribution in [1.82, 2.24) is 0 Å². The quantitative estimate of drug-likeness (QED) is 0.0786. The van der Waals surface area contributed by atoms with Gasteiger partial charge in [0.2, 0.25) is 0 Å². The first-order valence-corrected chi connectivity index (χ1v) is 22.3. The van der Waals surface area contributed by atoms with Gasteiger partial charge in [-0.1, -0.05) is 152 Å². The summed E-state index contributed by atoms with van der Waals surface area (Å²) in [6, 6.07) is 49.3. The highest BCUT2D eigenvalue weighted by Crippen LogP contribution is 2.40. The molecular formula is C53H60O12. The molecule has 5 aromatic rings. The minimum absolute atomic E-state index is 0.176. The molecule has 0 aliphatic carbocycles. The minimum atomic E-state index is -1.10. The summed E-state index contributed by atoms with van der Waals surface area (Å²) in [5.41, 5.74) is 3.89. The molecule has 65 heavy (non-hydrogen) atoms. The number of esters is 1. The van der Waals surface area contributed by atoms with Crippen LogP contribution in [0.2, 0.25) is 0 Å². The lowest BCUT2D eigenvalue weighted by molar-refractivity contribution is -0.396. The van der Waals surface area contributed by atoms with Gasteiger partial charge < -0.3 is 52.1 Å². The summed E-state index contributed by atoms with van der Waals surface area (Å²) in [6.45, 7) is 6.32. The van der Waals surface area contributed by atoms with Crippen LogP contribution in [0.4, 0.5) is 0 Å². The molecule has 8 rings (SSSR count). The van der Waals surface area contributed by atoms with Crippen LogP contribution in [0.25, 0.3) is 0 Å². The zero-order chi connectivity index (χ0) is 45.0.